The Morgan fingerprint density at radius 2 is 1.92 bits per heavy atom. The zero-order chi connectivity index (χ0) is 18.3. The molecule has 0 saturated carbocycles. The lowest BCUT2D eigenvalue weighted by molar-refractivity contribution is -0.277. The van der Waals surface area contributed by atoms with Crippen molar-refractivity contribution in [1.82, 2.24) is 0 Å². The van der Waals surface area contributed by atoms with E-state index in [0.717, 1.165) is 6.26 Å². The highest BCUT2D eigenvalue weighted by atomic mass is 16.7. The molecule has 9 nitrogen and oxygen atoms in total. The topological polar surface area (TPSA) is 150 Å². The van der Waals surface area contributed by atoms with E-state index in [1.807, 2.05) is 0 Å². The number of ether oxygens (including phenoxy) is 2. The molecule has 5 atom stereocenters. The zero-order valence-electron chi connectivity index (χ0n) is 13.2. The summed E-state index contributed by atoms with van der Waals surface area (Å²) < 4.78 is 16.0. The van der Waals surface area contributed by atoms with Crippen molar-refractivity contribution in [3.63, 3.8) is 0 Å². The summed E-state index contributed by atoms with van der Waals surface area (Å²) in [5.41, 5.74) is -0.167. The molecule has 1 aromatic heterocycles. The molecule has 1 aliphatic heterocycles. The molecule has 1 saturated heterocycles. The summed E-state index contributed by atoms with van der Waals surface area (Å²) in [7, 11) is 0. The highest BCUT2D eigenvalue weighted by molar-refractivity contribution is 5.86. The second-order valence-corrected chi connectivity index (χ2v) is 5.82. The molecule has 1 fully saturated rings. The van der Waals surface area contributed by atoms with E-state index < -0.39 is 42.7 Å². The summed E-state index contributed by atoms with van der Waals surface area (Å²) in [5, 5.41) is 49.0. The maximum absolute atomic E-state index is 11.9. The molecular formula is C16H18O9. The fourth-order valence-corrected chi connectivity index (χ4v) is 2.72. The monoisotopic (exact) mass is 354 g/mol. The van der Waals surface area contributed by atoms with Crippen LogP contribution >= 0.6 is 0 Å². The fourth-order valence-electron chi connectivity index (χ4n) is 2.72. The van der Waals surface area contributed by atoms with E-state index in [0.29, 0.717) is 0 Å². The lowest BCUT2D eigenvalue weighted by atomic mass is 9.99. The van der Waals surface area contributed by atoms with Crippen molar-refractivity contribution < 1.29 is 39.4 Å². The number of phenolic OH excluding ortho intramolecular Hbond substituents is 1. The predicted molar refractivity (Wildman–Crippen MR) is 83.3 cm³/mol. The van der Waals surface area contributed by atoms with Crippen LogP contribution in [-0.2, 0) is 4.74 Å². The molecule has 136 valence electrons. The highest BCUT2D eigenvalue weighted by Gasteiger charge is 2.44. The standard InChI is InChI=1S/C16H18O9/c1-6-8(4-9-11(12(6)19)7(18)2-3-23-9)24-16-15(22)14(21)13(20)10(5-17)25-16/h2-4,10,13-17,19-22H,5H2,1H3/t10-,13-,14+,15-,16+/m1/s1. The SMILES string of the molecule is Cc1c(O[C@H]2O[C@H](CO)[C@@H](O)[C@H](O)[C@H]2O)cc2occc(=O)c2c1O. The molecule has 0 bridgehead atoms. The van der Waals surface area contributed by atoms with Crippen molar-refractivity contribution in [1.29, 1.82) is 0 Å². The van der Waals surface area contributed by atoms with Crippen LogP contribution in [0.3, 0.4) is 0 Å². The quantitative estimate of drug-likeness (QED) is 0.467. The van der Waals surface area contributed by atoms with Crippen molar-refractivity contribution >= 4 is 11.0 Å². The van der Waals surface area contributed by atoms with Crippen LogP contribution in [0, 0.1) is 6.92 Å². The highest BCUT2D eigenvalue weighted by Crippen LogP contribution is 2.35. The van der Waals surface area contributed by atoms with Crippen LogP contribution in [0.5, 0.6) is 11.5 Å². The van der Waals surface area contributed by atoms with Gasteiger partial charge in [-0.1, -0.05) is 0 Å². The lowest BCUT2D eigenvalue weighted by Gasteiger charge is -2.39. The van der Waals surface area contributed by atoms with Gasteiger partial charge < -0.3 is 39.4 Å². The van der Waals surface area contributed by atoms with Gasteiger partial charge in [-0.2, -0.15) is 0 Å². The van der Waals surface area contributed by atoms with Crippen LogP contribution in [0.4, 0.5) is 0 Å². The number of fused-ring (bicyclic) bond motifs is 1. The van der Waals surface area contributed by atoms with E-state index in [1.54, 1.807) is 0 Å². The Morgan fingerprint density at radius 3 is 2.60 bits per heavy atom. The van der Waals surface area contributed by atoms with Gasteiger partial charge in [-0.25, -0.2) is 0 Å². The lowest BCUT2D eigenvalue weighted by Crippen LogP contribution is -2.60. The first kappa shape index (κ1) is 17.6. The predicted octanol–water partition coefficient (Wildman–Crippen LogP) is -1.01. The fraction of sp³-hybridized carbons (Fsp3) is 0.438. The van der Waals surface area contributed by atoms with Gasteiger partial charge in [-0.05, 0) is 6.92 Å². The number of aliphatic hydroxyl groups excluding tert-OH is 4. The molecular weight excluding hydrogens is 336 g/mol. The van der Waals surface area contributed by atoms with E-state index in [1.165, 1.54) is 19.1 Å². The summed E-state index contributed by atoms with van der Waals surface area (Å²) in [5.74, 6) is -0.296. The van der Waals surface area contributed by atoms with E-state index in [-0.39, 0.29) is 28.0 Å². The van der Waals surface area contributed by atoms with Gasteiger partial charge >= 0.3 is 0 Å². The number of rotatable bonds is 3. The Morgan fingerprint density at radius 1 is 1.20 bits per heavy atom. The molecule has 0 radical (unpaired) electrons. The Bertz CT molecular complexity index is 828. The number of aliphatic hydroxyl groups is 4. The maximum atomic E-state index is 11.9. The molecule has 0 aliphatic carbocycles. The van der Waals surface area contributed by atoms with Crippen molar-refractivity contribution in [2.24, 2.45) is 0 Å². The van der Waals surface area contributed by atoms with Gasteiger partial charge in [0.25, 0.3) is 0 Å². The van der Waals surface area contributed by atoms with Gasteiger partial charge in [0, 0.05) is 17.7 Å². The third kappa shape index (κ3) is 2.96. The van der Waals surface area contributed by atoms with Crippen molar-refractivity contribution in [3.05, 3.63) is 34.2 Å². The van der Waals surface area contributed by atoms with Gasteiger partial charge in [0.05, 0.1) is 12.9 Å². The Hall–Kier alpha value is -2.17. The van der Waals surface area contributed by atoms with Crippen LogP contribution < -0.4 is 10.2 Å². The molecule has 9 heteroatoms. The zero-order valence-corrected chi connectivity index (χ0v) is 13.2. The first-order valence-electron chi connectivity index (χ1n) is 7.56. The minimum Gasteiger partial charge on any atom is -0.507 e. The van der Waals surface area contributed by atoms with Crippen molar-refractivity contribution in [2.75, 3.05) is 6.61 Å². The summed E-state index contributed by atoms with van der Waals surface area (Å²) in [6.45, 7) is 0.891. The Balaban J connectivity index is 1.98. The number of benzene rings is 1. The van der Waals surface area contributed by atoms with Gasteiger partial charge in [0.15, 0.2) is 5.43 Å². The number of aromatic hydroxyl groups is 1. The summed E-state index contributed by atoms with van der Waals surface area (Å²) >= 11 is 0. The normalized spacial score (nSPS) is 29.7. The number of hydrogen-bond donors (Lipinski definition) is 5. The molecule has 0 unspecified atom stereocenters. The van der Waals surface area contributed by atoms with Crippen molar-refractivity contribution in [2.45, 2.75) is 37.6 Å². The van der Waals surface area contributed by atoms with Crippen LogP contribution in [0.2, 0.25) is 0 Å². The largest absolute Gasteiger partial charge is 0.507 e. The molecule has 1 aromatic carbocycles. The summed E-state index contributed by atoms with van der Waals surface area (Å²) in [6.07, 6.45) is -6.08. The molecule has 1 aliphatic rings. The van der Waals surface area contributed by atoms with E-state index in [9.17, 15) is 30.3 Å². The number of hydrogen-bond acceptors (Lipinski definition) is 9. The second-order valence-electron chi connectivity index (χ2n) is 5.82. The Kier molecular flexibility index (Phi) is 4.67. The van der Waals surface area contributed by atoms with Crippen LogP contribution in [0.1, 0.15) is 5.56 Å². The van der Waals surface area contributed by atoms with Gasteiger partial charge in [-0.15, -0.1) is 0 Å². The molecule has 0 spiro atoms. The van der Waals surface area contributed by atoms with Gasteiger partial charge in [0.2, 0.25) is 6.29 Å². The number of phenols is 1. The summed E-state index contributed by atoms with van der Waals surface area (Å²) in [4.78, 5) is 11.9. The minimum absolute atomic E-state index is 0.0128. The maximum Gasteiger partial charge on any atom is 0.229 e. The van der Waals surface area contributed by atoms with E-state index in [2.05, 4.69) is 0 Å². The summed E-state index contributed by atoms with van der Waals surface area (Å²) in [6, 6.07) is 2.51. The first-order valence-corrected chi connectivity index (χ1v) is 7.56. The van der Waals surface area contributed by atoms with E-state index >= 15 is 0 Å². The molecule has 3 rings (SSSR count). The third-order valence-corrected chi connectivity index (χ3v) is 4.22. The molecule has 5 N–H and O–H groups in total. The smallest absolute Gasteiger partial charge is 0.229 e. The van der Waals surface area contributed by atoms with Crippen LogP contribution in [0.15, 0.2) is 27.6 Å². The molecule has 2 heterocycles. The van der Waals surface area contributed by atoms with Crippen LogP contribution in [-0.4, -0.2) is 62.8 Å². The second kappa shape index (κ2) is 6.62. The molecule has 2 aromatic rings. The molecule has 0 amide bonds. The van der Waals surface area contributed by atoms with Crippen molar-refractivity contribution in [3.8, 4) is 11.5 Å². The molecule has 25 heavy (non-hydrogen) atoms. The van der Waals surface area contributed by atoms with Crippen LogP contribution in [0.25, 0.3) is 11.0 Å². The minimum atomic E-state index is -1.60. The average molecular weight is 354 g/mol. The van der Waals surface area contributed by atoms with Gasteiger partial charge in [-0.3, -0.25) is 4.79 Å². The Labute approximate surface area is 141 Å². The van der Waals surface area contributed by atoms with Gasteiger partial charge in [0.1, 0.15) is 46.9 Å². The average Bonchev–Trinajstić information content (AvgIpc) is 2.59. The van der Waals surface area contributed by atoms with E-state index in [4.69, 9.17) is 13.9 Å². The first-order chi connectivity index (χ1) is 11.8. The third-order valence-electron chi connectivity index (χ3n) is 4.22.